The smallest absolute Gasteiger partial charge is 0.228 e. The van der Waals surface area contributed by atoms with Gasteiger partial charge in [0.2, 0.25) is 11.8 Å². The molecule has 5 nitrogen and oxygen atoms in total. The first-order valence-electron chi connectivity index (χ1n) is 9.43. The van der Waals surface area contributed by atoms with Gasteiger partial charge in [-0.3, -0.25) is 4.79 Å². The largest absolute Gasteiger partial charge is 0.439 e. The number of pyridine rings is 1. The van der Waals surface area contributed by atoms with Crippen molar-refractivity contribution in [2.45, 2.75) is 32.2 Å². The van der Waals surface area contributed by atoms with Crippen LogP contribution in [0.3, 0.4) is 0 Å². The lowest BCUT2D eigenvalue weighted by atomic mass is 9.67. The fourth-order valence-electron chi connectivity index (χ4n) is 4.23. The van der Waals surface area contributed by atoms with Crippen molar-refractivity contribution in [2.75, 3.05) is 13.1 Å². The first-order valence-corrected chi connectivity index (χ1v) is 9.43. The Balaban J connectivity index is 1.35. The van der Waals surface area contributed by atoms with E-state index in [1.165, 1.54) is 6.42 Å². The van der Waals surface area contributed by atoms with Gasteiger partial charge in [-0.1, -0.05) is 37.1 Å². The van der Waals surface area contributed by atoms with Crippen LogP contribution in [-0.2, 0) is 11.3 Å². The van der Waals surface area contributed by atoms with Gasteiger partial charge in [-0.05, 0) is 43.0 Å². The number of para-hydroxylation sites is 1. The molecule has 4 rings (SSSR count). The topological polar surface area (TPSA) is 63.2 Å². The van der Waals surface area contributed by atoms with E-state index in [2.05, 4.69) is 15.6 Å². The van der Waals surface area contributed by atoms with Crippen LogP contribution in [-0.4, -0.2) is 24.0 Å². The zero-order valence-corrected chi connectivity index (χ0v) is 14.9. The van der Waals surface area contributed by atoms with Crippen LogP contribution in [0.4, 0.5) is 0 Å². The molecular weight excluding hydrogens is 326 g/mol. The summed E-state index contributed by atoms with van der Waals surface area (Å²) in [6, 6.07) is 13.4. The van der Waals surface area contributed by atoms with Crippen molar-refractivity contribution in [1.29, 1.82) is 0 Å². The molecule has 2 aliphatic rings. The fourth-order valence-corrected chi connectivity index (χ4v) is 4.23. The van der Waals surface area contributed by atoms with Crippen molar-refractivity contribution in [3.63, 3.8) is 0 Å². The molecule has 0 spiro atoms. The Morgan fingerprint density at radius 3 is 2.92 bits per heavy atom. The molecule has 26 heavy (non-hydrogen) atoms. The number of hydrogen-bond acceptors (Lipinski definition) is 4. The molecule has 1 aliphatic heterocycles. The monoisotopic (exact) mass is 351 g/mol. The standard InChI is InChI=1S/C21H25N3O2/c25-20(21-11-5-4-6-17(21)14-22-15-21)24-13-16-9-10-19(23-12-16)26-18-7-2-1-3-8-18/h1-3,7-10,12,17,22H,4-6,11,13-15H2,(H,24,25)/t17-,21+/m0/s1. The Morgan fingerprint density at radius 2 is 2.12 bits per heavy atom. The van der Waals surface area contributed by atoms with Crippen molar-refractivity contribution >= 4 is 5.91 Å². The number of nitrogens with one attached hydrogen (secondary N) is 2. The normalized spacial score (nSPS) is 24.7. The van der Waals surface area contributed by atoms with Crippen LogP contribution >= 0.6 is 0 Å². The van der Waals surface area contributed by atoms with Crippen molar-refractivity contribution in [3.05, 3.63) is 54.2 Å². The highest BCUT2D eigenvalue weighted by atomic mass is 16.5. The summed E-state index contributed by atoms with van der Waals surface area (Å²) in [4.78, 5) is 17.2. The number of nitrogens with zero attached hydrogens (tertiary/aromatic N) is 1. The Bertz CT molecular complexity index is 748. The maximum Gasteiger partial charge on any atom is 0.228 e. The number of hydrogen-bond donors (Lipinski definition) is 2. The Morgan fingerprint density at radius 1 is 1.23 bits per heavy atom. The van der Waals surface area contributed by atoms with Gasteiger partial charge in [0, 0.05) is 25.4 Å². The van der Waals surface area contributed by atoms with Crippen LogP contribution in [0.5, 0.6) is 11.6 Å². The molecular formula is C21H25N3O2. The zero-order valence-electron chi connectivity index (χ0n) is 14.9. The van der Waals surface area contributed by atoms with E-state index < -0.39 is 0 Å². The van der Waals surface area contributed by atoms with Crippen LogP contribution in [0.15, 0.2) is 48.7 Å². The highest BCUT2D eigenvalue weighted by Gasteiger charge is 2.49. The van der Waals surface area contributed by atoms with E-state index in [0.717, 1.165) is 43.7 Å². The lowest BCUT2D eigenvalue weighted by Crippen LogP contribution is -2.47. The van der Waals surface area contributed by atoms with Gasteiger partial charge in [0.25, 0.3) is 0 Å². The van der Waals surface area contributed by atoms with E-state index in [0.29, 0.717) is 18.3 Å². The molecule has 2 heterocycles. The van der Waals surface area contributed by atoms with Gasteiger partial charge in [0.05, 0.1) is 5.41 Å². The molecule has 1 aromatic heterocycles. The SMILES string of the molecule is O=C(NCc1ccc(Oc2ccccc2)nc1)[C@@]12CCCC[C@H]1CNC2. The second-order valence-electron chi connectivity index (χ2n) is 7.33. The van der Waals surface area contributed by atoms with E-state index in [-0.39, 0.29) is 11.3 Å². The minimum atomic E-state index is -0.206. The minimum absolute atomic E-state index is 0.191. The number of carbonyl (C=O) groups excluding carboxylic acids is 1. The van der Waals surface area contributed by atoms with Crippen LogP contribution in [0, 0.1) is 11.3 Å². The molecule has 2 aromatic rings. The second kappa shape index (κ2) is 7.46. The second-order valence-corrected chi connectivity index (χ2v) is 7.33. The van der Waals surface area contributed by atoms with Gasteiger partial charge in [0.15, 0.2) is 0 Å². The van der Waals surface area contributed by atoms with Crippen LogP contribution in [0.1, 0.15) is 31.2 Å². The van der Waals surface area contributed by atoms with E-state index in [4.69, 9.17) is 4.74 Å². The molecule has 136 valence electrons. The summed E-state index contributed by atoms with van der Waals surface area (Å²) >= 11 is 0. The molecule has 1 saturated heterocycles. The summed E-state index contributed by atoms with van der Waals surface area (Å²) in [6.45, 7) is 2.29. The van der Waals surface area contributed by atoms with E-state index in [1.807, 2.05) is 42.5 Å². The Hall–Kier alpha value is -2.40. The van der Waals surface area contributed by atoms with Gasteiger partial charge in [-0.25, -0.2) is 4.98 Å². The van der Waals surface area contributed by atoms with Gasteiger partial charge < -0.3 is 15.4 Å². The molecule has 0 bridgehead atoms. The van der Waals surface area contributed by atoms with Gasteiger partial charge in [-0.15, -0.1) is 0 Å². The molecule has 2 fully saturated rings. The van der Waals surface area contributed by atoms with Crippen molar-refractivity contribution in [2.24, 2.45) is 11.3 Å². The molecule has 0 radical (unpaired) electrons. The maximum atomic E-state index is 12.9. The average molecular weight is 351 g/mol. The minimum Gasteiger partial charge on any atom is -0.439 e. The third kappa shape index (κ3) is 3.44. The summed E-state index contributed by atoms with van der Waals surface area (Å²) in [5, 5.41) is 6.57. The summed E-state index contributed by atoms with van der Waals surface area (Å²) in [6.07, 6.45) is 6.32. The van der Waals surface area contributed by atoms with Gasteiger partial charge >= 0.3 is 0 Å². The molecule has 5 heteroatoms. The first-order chi connectivity index (χ1) is 12.8. The quantitative estimate of drug-likeness (QED) is 0.868. The average Bonchev–Trinajstić information content (AvgIpc) is 3.13. The van der Waals surface area contributed by atoms with Gasteiger partial charge in [-0.2, -0.15) is 0 Å². The number of benzene rings is 1. The highest BCUT2D eigenvalue weighted by molar-refractivity contribution is 5.83. The lowest BCUT2D eigenvalue weighted by Gasteiger charge is -2.37. The highest BCUT2D eigenvalue weighted by Crippen LogP contribution is 2.43. The number of aromatic nitrogens is 1. The Labute approximate surface area is 154 Å². The molecule has 1 aliphatic carbocycles. The van der Waals surface area contributed by atoms with Crippen molar-refractivity contribution < 1.29 is 9.53 Å². The van der Waals surface area contributed by atoms with Crippen molar-refractivity contribution in [1.82, 2.24) is 15.6 Å². The predicted octanol–water partition coefficient (Wildman–Crippen LogP) is 3.27. The third-order valence-electron chi connectivity index (χ3n) is 5.71. The molecule has 1 aromatic carbocycles. The first kappa shape index (κ1) is 17.0. The summed E-state index contributed by atoms with van der Waals surface area (Å²) in [7, 11) is 0. The number of ether oxygens (including phenoxy) is 1. The fraction of sp³-hybridized carbons (Fsp3) is 0.429. The third-order valence-corrected chi connectivity index (χ3v) is 5.71. The van der Waals surface area contributed by atoms with Crippen LogP contribution in [0.2, 0.25) is 0 Å². The lowest BCUT2D eigenvalue weighted by molar-refractivity contribution is -0.134. The van der Waals surface area contributed by atoms with E-state index >= 15 is 0 Å². The van der Waals surface area contributed by atoms with Crippen molar-refractivity contribution in [3.8, 4) is 11.6 Å². The molecule has 1 saturated carbocycles. The molecule has 2 atom stereocenters. The van der Waals surface area contributed by atoms with Gasteiger partial charge in [0.1, 0.15) is 5.75 Å². The zero-order chi connectivity index (χ0) is 17.8. The van der Waals surface area contributed by atoms with E-state index in [9.17, 15) is 4.79 Å². The number of amides is 1. The maximum absolute atomic E-state index is 12.9. The molecule has 2 N–H and O–H groups in total. The number of fused-ring (bicyclic) bond motifs is 1. The number of rotatable bonds is 5. The summed E-state index contributed by atoms with van der Waals surface area (Å²) < 4.78 is 5.70. The number of carbonyl (C=O) groups is 1. The van der Waals surface area contributed by atoms with Crippen LogP contribution < -0.4 is 15.4 Å². The predicted molar refractivity (Wildman–Crippen MR) is 99.9 cm³/mol. The Kier molecular flexibility index (Phi) is 4.89. The van der Waals surface area contributed by atoms with Crippen LogP contribution in [0.25, 0.3) is 0 Å². The molecule has 1 amide bonds. The van der Waals surface area contributed by atoms with E-state index in [1.54, 1.807) is 6.20 Å². The summed E-state index contributed by atoms with van der Waals surface area (Å²) in [5.74, 6) is 1.99. The summed E-state index contributed by atoms with van der Waals surface area (Å²) in [5.41, 5.74) is 0.774. The molecule has 0 unspecified atom stereocenters.